The summed E-state index contributed by atoms with van der Waals surface area (Å²) in [6.45, 7) is 6.43. The first-order chi connectivity index (χ1) is 9.61. The maximum atomic E-state index is 5.78. The van der Waals surface area contributed by atoms with Crippen molar-refractivity contribution in [3.63, 3.8) is 0 Å². The Hall–Kier alpha value is -1.64. The molecule has 0 bridgehead atoms. The van der Waals surface area contributed by atoms with Crippen LogP contribution in [0, 0.1) is 20.8 Å². The average molecular weight is 268 g/mol. The molecule has 0 radical (unpaired) electrons. The Morgan fingerprint density at radius 3 is 2.45 bits per heavy atom. The van der Waals surface area contributed by atoms with Crippen molar-refractivity contribution in [2.45, 2.75) is 39.7 Å². The third-order valence-electron chi connectivity index (χ3n) is 3.97. The lowest BCUT2D eigenvalue weighted by atomic mass is 9.93. The Kier molecular flexibility index (Phi) is 4.94. The van der Waals surface area contributed by atoms with Gasteiger partial charge in [-0.2, -0.15) is 0 Å². The van der Waals surface area contributed by atoms with E-state index in [-0.39, 0.29) is 6.04 Å². The van der Waals surface area contributed by atoms with E-state index in [9.17, 15) is 0 Å². The van der Waals surface area contributed by atoms with Gasteiger partial charge in [-0.05, 0) is 55.9 Å². The molecule has 0 aliphatic heterocycles. The molecule has 2 nitrogen and oxygen atoms in total. The number of nitrogens with two attached hydrogens (primary N) is 1. The summed E-state index contributed by atoms with van der Waals surface area (Å²) in [5.74, 6) is 5.78. The van der Waals surface area contributed by atoms with Crippen molar-refractivity contribution >= 4 is 0 Å². The van der Waals surface area contributed by atoms with Crippen molar-refractivity contribution in [3.8, 4) is 0 Å². The van der Waals surface area contributed by atoms with E-state index in [0.717, 1.165) is 12.8 Å². The van der Waals surface area contributed by atoms with Crippen molar-refractivity contribution in [1.82, 2.24) is 5.43 Å². The van der Waals surface area contributed by atoms with Crippen molar-refractivity contribution in [1.29, 1.82) is 0 Å². The Morgan fingerprint density at radius 2 is 1.75 bits per heavy atom. The summed E-state index contributed by atoms with van der Waals surface area (Å²) < 4.78 is 0. The molecule has 0 fully saturated rings. The van der Waals surface area contributed by atoms with Crippen molar-refractivity contribution in [2.75, 3.05) is 0 Å². The molecule has 0 saturated heterocycles. The van der Waals surface area contributed by atoms with Crippen LogP contribution in [0.5, 0.6) is 0 Å². The second-order valence-corrected chi connectivity index (χ2v) is 5.54. The van der Waals surface area contributed by atoms with Crippen LogP contribution >= 0.6 is 0 Å². The van der Waals surface area contributed by atoms with Gasteiger partial charge >= 0.3 is 0 Å². The zero-order chi connectivity index (χ0) is 14.5. The topological polar surface area (TPSA) is 38.0 Å². The molecule has 2 rings (SSSR count). The summed E-state index contributed by atoms with van der Waals surface area (Å²) in [6, 6.07) is 15.3. The van der Waals surface area contributed by atoms with E-state index in [1.54, 1.807) is 0 Å². The Labute approximate surface area is 122 Å². The van der Waals surface area contributed by atoms with Crippen LogP contribution in [-0.4, -0.2) is 0 Å². The van der Waals surface area contributed by atoms with Gasteiger partial charge in [0.15, 0.2) is 0 Å². The first kappa shape index (κ1) is 14.8. The van der Waals surface area contributed by atoms with Crippen molar-refractivity contribution in [2.24, 2.45) is 5.84 Å². The molecule has 2 aromatic carbocycles. The molecule has 0 heterocycles. The van der Waals surface area contributed by atoms with Gasteiger partial charge in [-0.15, -0.1) is 0 Å². The highest BCUT2D eigenvalue weighted by molar-refractivity contribution is 5.33. The normalized spacial score (nSPS) is 12.4. The third kappa shape index (κ3) is 3.47. The summed E-state index contributed by atoms with van der Waals surface area (Å²) in [6.07, 6.45) is 2.04. The molecule has 3 N–H and O–H groups in total. The third-order valence-corrected chi connectivity index (χ3v) is 3.97. The summed E-state index contributed by atoms with van der Waals surface area (Å²) in [7, 11) is 0. The van der Waals surface area contributed by atoms with Crippen LogP contribution in [0.1, 0.15) is 40.3 Å². The van der Waals surface area contributed by atoms with E-state index in [4.69, 9.17) is 5.84 Å². The molecule has 0 amide bonds. The Bertz CT molecular complexity index is 575. The zero-order valence-corrected chi connectivity index (χ0v) is 12.6. The van der Waals surface area contributed by atoms with Crippen LogP contribution in [-0.2, 0) is 6.42 Å². The van der Waals surface area contributed by atoms with Gasteiger partial charge in [-0.3, -0.25) is 11.3 Å². The lowest BCUT2D eigenvalue weighted by molar-refractivity contribution is 0.513. The highest BCUT2D eigenvalue weighted by atomic mass is 15.2. The van der Waals surface area contributed by atoms with E-state index >= 15 is 0 Å². The minimum Gasteiger partial charge on any atom is -0.271 e. The molecule has 0 saturated carbocycles. The maximum Gasteiger partial charge on any atom is 0.0465 e. The smallest absolute Gasteiger partial charge is 0.0465 e. The molecule has 1 unspecified atom stereocenters. The predicted octanol–water partition coefficient (Wildman–Crippen LogP) is 3.75. The standard InChI is InChI=1S/C18H24N2/c1-13-8-9-15(3)17(12-13)18(20-19)11-10-16-7-5-4-6-14(16)2/h4-9,12,18,20H,10-11,19H2,1-3H3. The molecule has 0 aliphatic carbocycles. The molecule has 2 heteroatoms. The molecule has 0 spiro atoms. The quantitative estimate of drug-likeness (QED) is 0.640. The predicted molar refractivity (Wildman–Crippen MR) is 85.5 cm³/mol. The maximum absolute atomic E-state index is 5.78. The monoisotopic (exact) mass is 268 g/mol. The summed E-state index contributed by atoms with van der Waals surface area (Å²) in [5, 5.41) is 0. The second kappa shape index (κ2) is 6.69. The van der Waals surface area contributed by atoms with Crippen LogP contribution < -0.4 is 11.3 Å². The fraction of sp³-hybridized carbons (Fsp3) is 0.333. The van der Waals surface area contributed by atoms with E-state index < -0.39 is 0 Å². The van der Waals surface area contributed by atoms with Gasteiger partial charge in [0.05, 0.1) is 0 Å². The molecule has 20 heavy (non-hydrogen) atoms. The number of hydrogen-bond acceptors (Lipinski definition) is 2. The molecule has 106 valence electrons. The van der Waals surface area contributed by atoms with Crippen LogP contribution in [0.3, 0.4) is 0 Å². The van der Waals surface area contributed by atoms with E-state index in [1.807, 2.05) is 0 Å². The molecule has 0 aromatic heterocycles. The van der Waals surface area contributed by atoms with Gasteiger partial charge in [-0.25, -0.2) is 0 Å². The number of aryl methyl sites for hydroxylation is 4. The fourth-order valence-electron chi connectivity index (χ4n) is 2.65. The van der Waals surface area contributed by atoms with Crippen LogP contribution in [0.4, 0.5) is 0 Å². The molecule has 1 atom stereocenters. The number of nitrogens with one attached hydrogen (secondary N) is 1. The lowest BCUT2D eigenvalue weighted by Crippen LogP contribution is -2.29. The highest BCUT2D eigenvalue weighted by Gasteiger charge is 2.13. The van der Waals surface area contributed by atoms with Gasteiger partial charge in [0.25, 0.3) is 0 Å². The SMILES string of the molecule is Cc1ccc(C)c(C(CCc2ccccc2C)NN)c1. The van der Waals surface area contributed by atoms with Gasteiger partial charge in [0, 0.05) is 6.04 Å². The summed E-state index contributed by atoms with van der Waals surface area (Å²) >= 11 is 0. The number of hydrogen-bond donors (Lipinski definition) is 2. The first-order valence-corrected chi connectivity index (χ1v) is 7.19. The number of hydrazine groups is 1. The van der Waals surface area contributed by atoms with Crippen LogP contribution in [0.2, 0.25) is 0 Å². The Morgan fingerprint density at radius 1 is 1.00 bits per heavy atom. The van der Waals surface area contributed by atoms with Gasteiger partial charge in [0.1, 0.15) is 0 Å². The lowest BCUT2D eigenvalue weighted by Gasteiger charge is -2.19. The second-order valence-electron chi connectivity index (χ2n) is 5.54. The largest absolute Gasteiger partial charge is 0.271 e. The van der Waals surface area contributed by atoms with E-state index in [2.05, 4.69) is 68.7 Å². The van der Waals surface area contributed by atoms with Crippen molar-refractivity contribution in [3.05, 3.63) is 70.3 Å². The van der Waals surface area contributed by atoms with Crippen molar-refractivity contribution < 1.29 is 0 Å². The number of rotatable bonds is 5. The van der Waals surface area contributed by atoms with Crippen LogP contribution in [0.15, 0.2) is 42.5 Å². The highest BCUT2D eigenvalue weighted by Crippen LogP contribution is 2.23. The summed E-state index contributed by atoms with van der Waals surface area (Å²) in [5.41, 5.74) is 9.61. The van der Waals surface area contributed by atoms with Gasteiger partial charge in [-0.1, -0.05) is 48.0 Å². The minimum absolute atomic E-state index is 0.203. The molecule has 0 aliphatic rings. The van der Waals surface area contributed by atoms with Crippen LogP contribution in [0.25, 0.3) is 0 Å². The summed E-state index contributed by atoms with van der Waals surface area (Å²) in [4.78, 5) is 0. The van der Waals surface area contributed by atoms with E-state index in [1.165, 1.54) is 27.8 Å². The van der Waals surface area contributed by atoms with Gasteiger partial charge < -0.3 is 0 Å². The molecule has 2 aromatic rings. The average Bonchev–Trinajstić information content (AvgIpc) is 2.45. The molecular weight excluding hydrogens is 244 g/mol. The molecular formula is C18H24N2. The zero-order valence-electron chi connectivity index (χ0n) is 12.6. The first-order valence-electron chi connectivity index (χ1n) is 7.19. The van der Waals surface area contributed by atoms with Gasteiger partial charge in [0.2, 0.25) is 0 Å². The number of benzene rings is 2. The Balaban J connectivity index is 2.13. The van der Waals surface area contributed by atoms with E-state index in [0.29, 0.717) is 0 Å². The minimum atomic E-state index is 0.203. The fourth-order valence-corrected chi connectivity index (χ4v) is 2.65.